The lowest BCUT2D eigenvalue weighted by Crippen LogP contribution is -2.18. The standard InChI is InChI=1S/C25H21F3N6O/c1-15-11-12-29-21(13-15)34-23-14-22(30-16(2)31-23)32-17-7-9-18(10-8-17)33-24(35)19-5-3-4-6-20(19)25(26,27)28/h3-14H,1-2H3,(H,33,35)(H2,29,30,31,32,34). The molecule has 0 bridgehead atoms. The van der Waals surface area contributed by atoms with Gasteiger partial charge < -0.3 is 16.0 Å². The molecule has 10 heteroatoms. The molecule has 2 heterocycles. The van der Waals surface area contributed by atoms with Crippen LogP contribution in [0.15, 0.2) is 72.9 Å². The van der Waals surface area contributed by atoms with Crippen molar-refractivity contribution in [2.75, 3.05) is 16.0 Å². The average molecular weight is 478 g/mol. The Bertz CT molecular complexity index is 1360. The molecule has 0 aliphatic rings. The third-order valence-electron chi connectivity index (χ3n) is 4.90. The van der Waals surface area contributed by atoms with Crippen LogP contribution in [0.1, 0.15) is 27.3 Å². The van der Waals surface area contributed by atoms with Crippen LogP contribution in [0.2, 0.25) is 0 Å². The van der Waals surface area contributed by atoms with Crippen LogP contribution >= 0.6 is 0 Å². The third kappa shape index (κ3) is 6.11. The van der Waals surface area contributed by atoms with Crippen LogP contribution in [-0.4, -0.2) is 20.9 Å². The molecular weight excluding hydrogens is 457 g/mol. The van der Waals surface area contributed by atoms with Crippen LogP contribution in [0.25, 0.3) is 0 Å². The van der Waals surface area contributed by atoms with Gasteiger partial charge in [0.05, 0.1) is 11.1 Å². The number of aromatic nitrogens is 3. The van der Waals surface area contributed by atoms with Gasteiger partial charge in [0.1, 0.15) is 23.3 Å². The fourth-order valence-corrected chi connectivity index (χ4v) is 3.34. The second kappa shape index (κ2) is 9.80. The number of carbonyl (C=O) groups is 1. The van der Waals surface area contributed by atoms with Crippen molar-refractivity contribution in [2.24, 2.45) is 0 Å². The van der Waals surface area contributed by atoms with Gasteiger partial charge in [-0.1, -0.05) is 12.1 Å². The molecule has 0 saturated heterocycles. The summed E-state index contributed by atoms with van der Waals surface area (Å²) in [6.07, 6.45) is -2.92. The Hall–Kier alpha value is -4.47. The average Bonchev–Trinajstić information content (AvgIpc) is 2.79. The number of rotatable bonds is 6. The van der Waals surface area contributed by atoms with E-state index < -0.39 is 23.2 Å². The van der Waals surface area contributed by atoms with Gasteiger partial charge >= 0.3 is 6.18 Å². The van der Waals surface area contributed by atoms with Crippen molar-refractivity contribution >= 4 is 34.7 Å². The molecule has 3 N–H and O–H groups in total. The van der Waals surface area contributed by atoms with Gasteiger partial charge in [-0.3, -0.25) is 4.79 Å². The number of alkyl halides is 3. The molecule has 0 radical (unpaired) electrons. The minimum absolute atomic E-state index is 0.351. The van der Waals surface area contributed by atoms with E-state index in [1.54, 1.807) is 43.5 Å². The summed E-state index contributed by atoms with van der Waals surface area (Å²) in [6.45, 7) is 3.73. The first kappa shape index (κ1) is 23.7. The van der Waals surface area contributed by atoms with E-state index >= 15 is 0 Å². The molecular formula is C25H21F3N6O. The van der Waals surface area contributed by atoms with Gasteiger partial charge in [-0.25, -0.2) is 15.0 Å². The van der Waals surface area contributed by atoms with Crippen LogP contribution in [0.4, 0.5) is 42.0 Å². The third-order valence-corrected chi connectivity index (χ3v) is 4.90. The van der Waals surface area contributed by atoms with E-state index in [1.807, 2.05) is 19.1 Å². The highest BCUT2D eigenvalue weighted by atomic mass is 19.4. The maximum atomic E-state index is 13.2. The Morgan fingerprint density at radius 1 is 0.800 bits per heavy atom. The molecule has 0 atom stereocenters. The van der Waals surface area contributed by atoms with E-state index in [0.29, 0.717) is 34.7 Å². The number of anilines is 5. The van der Waals surface area contributed by atoms with Gasteiger partial charge in [0.2, 0.25) is 0 Å². The van der Waals surface area contributed by atoms with Crippen molar-refractivity contribution in [1.29, 1.82) is 0 Å². The molecule has 7 nitrogen and oxygen atoms in total. The zero-order chi connectivity index (χ0) is 25.0. The highest BCUT2D eigenvalue weighted by molar-refractivity contribution is 6.05. The predicted molar refractivity (Wildman–Crippen MR) is 128 cm³/mol. The lowest BCUT2D eigenvalue weighted by atomic mass is 10.1. The van der Waals surface area contributed by atoms with E-state index in [1.165, 1.54) is 12.1 Å². The Balaban J connectivity index is 1.46. The number of aryl methyl sites for hydroxylation is 2. The number of amides is 1. The molecule has 2 aromatic heterocycles. The minimum Gasteiger partial charge on any atom is -0.340 e. The van der Waals surface area contributed by atoms with Crippen molar-refractivity contribution in [3.63, 3.8) is 0 Å². The van der Waals surface area contributed by atoms with E-state index in [-0.39, 0.29) is 0 Å². The van der Waals surface area contributed by atoms with Crippen LogP contribution in [-0.2, 0) is 6.18 Å². The zero-order valence-electron chi connectivity index (χ0n) is 18.8. The number of carbonyl (C=O) groups excluding carboxylic acids is 1. The largest absolute Gasteiger partial charge is 0.417 e. The summed E-state index contributed by atoms with van der Waals surface area (Å²) in [6, 6.07) is 16.7. The van der Waals surface area contributed by atoms with Crippen LogP contribution in [0, 0.1) is 13.8 Å². The van der Waals surface area contributed by atoms with Gasteiger partial charge in [-0.05, 0) is 67.9 Å². The van der Waals surface area contributed by atoms with Gasteiger partial charge in [0.25, 0.3) is 5.91 Å². The Labute approximate surface area is 199 Å². The SMILES string of the molecule is Cc1ccnc(Nc2cc(Nc3ccc(NC(=O)c4ccccc4C(F)(F)F)cc3)nc(C)n2)c1. The number of pyridine rings is 1. The van der Waals surface area contributed by atoms with Crippen molar-refractivity contribution in [2.45, 2.75) is 20.0 Å². The van der Waals surface area contributed by atoms with Gasteiger partial charge in [-0.2, -0.15) is 13.2 Å². The number of hydrogen-bond donors (Lipinski definition) is 3. The number of benzene rings is 2. The molecule has 0 saturated carbocycles. The van der Waals surface area contributed by atoms with Gasteiger partial charge in [0, 0.05) is 23.6 Å². The number of hydrogen-bond acceptors (Lipinski definition) is 6. The first-order valence-electron chi connectivity index (χ1n) is 10.6. The molecule has 4 rings (SSSR count). The van der Waals surface area contributed by atoms with Crippen molar-refractivity contribution in [1.82, 2.24) is 15.0 Å². The fourth-order valence-electron chi connectivity index (χ4n) is 3.34. The first-order chi connectivity index (χ1) is 16.7. The number of halogens is 3. The maximum Gasteiger partial charge on any atom is 0.417 e. The topological polar surface area (TPSA) is 91.8 Å². The van der Waals surface area contributed by atoms with Crippen molar-refractivity contribution < 1.29 is 18.0 Å². The monoisotopic (exact) mass is 478 g/mol. The second-order valence-electron chi connectivity index (χ2n) is 7.73. The molecule has 0 unspecified atom stereocenters. The summed E-state index contributed by atoms with van der Waals surface area (Å²) < 4.78 is 39.6. The minimum atomic E-state index is -4.62. The molecule has 0 aliphatic heterocycles. The molecule has 0 aliphatic carbocycles. The van der Waals surface area contributed by atoms with E-state index in [2.05, 4.69) is 30.9 Å². The quantitative estimate of drug-likeness (QED) is 0.304. The molecule has 35 heavy (non-hydrogen) atoms. The summed E-state index contributed by atoms with van der Waals surface area (Å²) in [5.74, 6) is 1.44. The molecule has 178 valence electrons. The molecule has 0 fully saturated rings. The molecule has 2 aromatic carbocycles. The van der Waals surface area contributed by atoms with Crippen LogP contribution in [0.5, 0.6) is 0 Å². The summed E-state index contributed by atoms with van der Waals surface area (Å²) in [5.41, 5.74) is 0.642. The lowest BCUT2D eigenvalue weighted by Gasteiger charge is -2.13. The van der Waals surface area contributed by atoms with E-state index in [4.69, 9.17) is 0 Å². The Morgan fingerprint density at radius 3 is 2.14 bits per heavy atom. The maximum absolute atomic E-state index is 13.2. The molecule has 1 amide bonds. The van der Waals surface area contributed by atoms with Crippen LogP contribution < -0.4 is 16.0 Å². The highest BCUT2D eigenvalue weighted by Gasteiger charge is 2.34. The summed E-state index contributed by atoms with van der Waals surface area (Å²) >= 11 is 0. The highest BCUT2D eigenvalue weighted by Crippen LogP contribution is 2.32. The van der Waals surface area contributed by atoms with Crippen molar-refractivity contribution in [3.8, 4) is 0 Å². The summed E-state index contributed by atoms with van der Waals surface area (Å²) in [5, 5.41) is 8.80. The molecule has 0 spiro atoms. The lowest BCUT2D eigenvalue weighted by molar-refractivity contribution is -0.137. The number of nitrogens with zero attached hydrogens (tertiary/aromatic N) is 3. The zero-order valence-corrected chi connectivity index (χ0v) is 18.8. The van der Waals surface area contributed by atoms with Gasteiger partial charge in [0.15, 0.2) is 0 Å². The van der Waals surface area contributed by atoms with Crippen molar-refractivity contribution in [3.05, 3.63) is 95.4 Å². The van der Waals surface area contributed by atoms with Gasteiger partial charge in [-0.15, -0.1) is 0 Å². The second-order valence-corrected chi connectivity index (χ2v) is 7.73. The summed E-state index contributed by atoms with van der Waals surface area (Å²) in [7, 11) is 0. The first-order valence-corrected chi connectivity index (χ1v) is 10.6. The number of nitrogens with one attached hydrogen (secondary N) is 3. The predicted octanol–water partition coefficient (Wildman–Crippen LogP) is 6.25. The van der Waals surface area contributed by atoms with E-state index in [0.717, 1.165) is 17.7 Å². The Kier molecular flexibility index (Phi) is 6.63. The van der Waals surface area contributed by atoms with Crippen LogP contribution in [0.3, 0.4) is 0 Å². The fraction of sp³-hybridized carbons (Fsp3) is 0.120. The van der Waals surface area contributed by atoms with E-state index in [9.17, 15) is 18.0 Å². The smallest absolute Gasteiger partial charge is 0.340 e. The Morgan fingerprint density at radius 2 is 1.46 bits per heavy atom. The molecule has 4 aromatic rings. The summed E-state index contributed by atoms with van der Waals surface area (Å²) in [4.78, 5) is 25.5. The normalized spacial score (nSPS) is 11.1.